The lowest BCUT2D eigenvalue weighted by atomic mass is 10.2. The lowest BCUT2D eigenvalue weighted by Gasteiger charge is -2.05. The fourth-order valence-corrected chi connectivity index (χ4v) is 1.29. The third-order valence-corrected chi connectivity index (χ3v) is 1.96. The number of carboxylic acid groups (broad SMARTS) is 1. The van der Waals surface area contributed by atoms with Gasteiger partial charge in [-0.2, -0.15) is 0 Å². The molecule has 7 heteroatoms. The number of aromatic nitrogens is 1. The number of aliphatic carboxylic acids is 1. The van der Waals surface area contributed by atoms with Gasteiger partial charge in [-0.25, -0.2) is 4.79 Å². The minimum Gasteiger partial charge on any atom is -0.478 e. The van der Waals surface area contributed by atoms with E-state index in [0.717, 1.165) is 18.3 Å². The van der Waals surface area contributed by atoms with Gasteiger partial charge in [0.15, 0.2) is 0 Å². The van der Waals surface area contributed by atoms with Crippen molar-refractivity contribution in [3.63, 3.8) is 0 Å². The monoisotopic (exact) mass is 238 g/mol. The van der Waals surface area contributed by atoms with Crippen molar-refractivity contribution in [1.82, 2.24) is 4.57 Å². The fraction of sp³-hybridized carbons (Fsp3) is 0.200. The normalized spacial score (nSPS) is 11.2. The number of allylic oxidation sites excluding steroid dienone is 1. The van der Waals surface area contributed by atoms with Crippen LogP contribution in [0.15, 0.2) is 34.9 Å². The molecule has 17 heavy (non-hydrogen) atoms. The van der Waals surface area contributed by atoms with E-state index in [4.69, 9.17) is 5.11 Å². The average molecular weight is 238 g/mol. The summed E-state index contributed by atoms with van der Waals surface area (Å²) in [6, 6.07) is 1.08. The van der Waals surface area contributed by atoms with Crippen molar-refractivity contribution in [2.45, 2.75) is 13.5 Å². The van der Waals surface area contributed by atoms with Gasteiger partial charge in [0, 0.05) is 24.9 Å². The molecule has 7 nitrogen and oxygen atoms in total. The number of pyridine rings is 1. The summed E-state index contributed by atoms with van der Waals surface area (Å²) < 4.78 is 1.38. The van der Waals surface area contributed by atoms with E-state index in [1.54, 1.807) is 6.92 Å². The van der Waals surface area contributed by atoms with E-state index in [9.17, 15) is 19.7 Å². The van der Waals surface area contributed by atoms with Crippen molar-refractivity contribution < 1.29 is 14.8 Å². The Bertz CT molecular complexity index is 544. The minimum absolute atomic E-state index is 0.174. The van der Waals surface area contributed by atoms with Gasteiger partial charge in [0.1, 0.15) is 0 Å². The lowest BCUT2D eigenvalue weighted by Crippen LogP contribution is -2.11. The van der Waals surface area contributed by atoms with Gasteiger partial charge in [0.25, 0.3) is 5.43 Å². The molecule has 0 saturated carbocycles. The molecule has 1 aromatic rings. The van der Waals surface area contributed by atoms with Crippen LogP contribution in [-0.2, 0) is 11.3 Å². The molecule has 0 fully saturated rings. The van der Waals surface area contributed by atoms with Crippen LogP contribution in [0.2, 0.25) is 0 Å². The summed E-state index contributed by atoms with van der Waals surface area (Å²) in [6.45, 7) is 1.76. The Hall–Kier alpha value is -2.44. The first-order valence-electron chi connectivity index (χ1n) is 4.64. The summed E-state index contributed by atoms with van der Waals surface area (Å²) in [5.41, 5.74) is -0.697. The Morgan fingerprint density at radius 2 is 2.29 bits per heavy atom. The molecule has 0 bridgehead atoms. The number of rotatable bonds is 4. The van der Waals surface area contributed by atoms with Crippen molar-refractivity contribution in [3.05, 3.63) is 50.4 Å². The smallest absolute Gasteiger partial charge is 0.332 e. The summed E-state index contributed by atoms with van der Waals surface area (Å²) in [6.07, 6.45) is 3.46. The van der Waals surface area contributed by atoms with E-state index < -0.39 is 22.0 Å². The molecule has 1 N–H and O–H groups in total. The molecule has 90 valence electrons. The molecule has 1 rings (SSSR count). The van der Waals surface area contributed by atoms with Crippen LogP contribution >= 0.6 is 0 Å². The lowest BCUT2D eigenvalue weighted by molar-refractivity contribution is -0.386. The van der Waals surface area contributed by atoms with Gasteiger partial charge in [-0.3, -0.25) is 14.9 Å². The zero-order valence-corrected chi connectivity index (χ0v) is 8.99. The molecule has 1 heterocycles. The van der Waals surface area contributed by atoms with Crippen LogP contribution in [0, 0.1) is 10.1 Å². The Morgan fingerprint density at radius 1 is 1.65 bits per heavy atom. The standard InChI is InChI=1S/C10H10N2O5/c1-7(4-10(14)15)5-11-3-2-9(13)8(6-11)12(16)17/h2-4,6H,5H2,1H3,(H,14,15)/b7-4-. The second-order valence-corrected chi connectivity index (χ2v) is 3.45. The molecule has 0 aliphatic heterocycles. The maximum atomic E-state index is 11.1. The Morgan fingerprint density at radius 3 is 2.82 bits per heavy atom. The van der Waals surface area contributed by atoms with Crippen LogP contribution in [0.3, 0.4) is 0 Å². The number of hydrogen-bond donors (Lipinski definition) is 1. The first-order valence-corrected chi connectivity index (χ1v) is 4.64. The number of carbonyl (C=O) groups is 1. The molecule has 0 saturated heterocycles. The van der Waals surface area contributed by atoms with Gasteiger partial charge in [-0.15, -0.1) is 0 Å². The van der Waals surface area contributed by atoms with Crippen LogP contribution in [0.25, 0.3) is 0 Å². The highest BCUT2D eigenvalue weighted by atomic mass is 16.6. The highest BCUT2D eigenvalue weighted by Crippen LogP contribution is 2.05. The second-order valence-electron chi connectivity index (χ2n) is 3.45. The first kappa shape index (κ1) is 12.6. The van der Waals surface area contributed by atoms with Gasteiger partial charge in [-0.05, 0) is 12.5 Å². The number of hydrogen-bond acceptors (Lipinski definition) is 4. The van der Waals surface area contributed by atoms with Gasteiger partial charge in [0.2, 0.25) is 0 Å². The SMILES string of the molecule is C/C(=C/C(=O)O)Cn1ccc(=O)c([N+](=O)[O-])c1. The van der Waals surface area contributed by atoms with Crippen LogP contribution in [-0.4, -0.2) is 20.6 Å². The van der Waals surface area contributed by atoms with Crippen molar-refractivity contribution in [1.29, 1.82) is 0 Å². The number of carboxylic acids is 1. The Labute approximate surface area is 95.8 Å². The van der Waals surface area contributed by atoms with Crippen molar-refractivity contribution in [2.24, 2.45) is 0 Å². The summed E-state index contributed by atoms with van der Waals surface area (Å²) in [7, 11) is 0. The van der Waals surface area contributed by atoms with E-state index in [0.29, 0.717) is 5.57 Å². The van der Waals surface area contributed by atoms with E-state index in [2.05, 4.69) is 0 Å². The van der Waals surface area contributed by atoms with Crippen LogP contribution in [0.5, 0.6) is 0 Å². The van der Waals surface area contributed by atoms with Crippen LogP contribution in [0.1, 0.15) is 6.92 Å². The minimum atomic E-state index is -1.09. The number of nitrogens with zero attached hydrogens (tertiary/aromatic N) is 2. The predicted molar refractivity (Wildman–Crippen MR) is 58.7 cm³/mol. The van der Waals surface area contributed by atoms with E-state index >= 15 is 0 Å². The van der Waals surface area contributed by atoms with Gasteiger partial charge < -0.3 is 9.67 Å². The average Bonchev–Trinajstić information content (AvgIpc) is 2.19. The summed E-state index contributed by atoms with van der Waals surface area (Å²) in [4.78, 5) is 31.3. The maximum Gasteiger partial charge on any atom is 0.332 e. The molecule has 0 aliphatic carbocycles. The fourth-order valence-electron chi connectivity index (χ4n) is 1.29. The van der Waals surface area contributed by atoms with Crippen LogP contribution < -0.4 is 5.43 Å². The zero-order chi connectivity index (χ0) is 13.0. The molecule has 0 unspecified atom stereocenters. The largest absolute Gasteiger partial charge is 0.478 e. The van der Waals surface area contributed by atoms with E-state index in [1.165, 1.54) is 10.8 Å². The van der Waals surface area contributed by atoms with Gasteiger partial charge in [0.05, 0.1) is 11.1 Å². The molecule has 0 aliphatic rings. The first-order chi connectivity index (χ1) is 7.90. The van der Waals surface area contributed by atoms with Crippen molar-refractivity contribution in [2.75, 3.05) is 0 Å². The molecule has 1 aromatic heterocycles. The summed E-state index contributed by atoms with van der Waals surface area (Å²) >= 11 is 0. The topological polar surface area (TPSA) is 102 Å². The van der Waals surface area contributed by atoms with E-state index in [-0.39, 0.29) is 6.54 Å². The summed E-state index contributed by atoms with van der Waals surface area (Å²) in [5.74, 6) is -1.09. The highest BCUT2D eigenvalue weighted by Gasteiger charge is 2.11. The molecule has 0 aromatic carbocycles. The molecular weight excluding hydrogens is 228 g/mol. The Kier molecular flexibility index (Phi) is 3.76. The molecule has 0 atom stereocenters. The van der Waals surface area contributed by atoms with Crippen molar-refractivity contribution in [3.8, 4) is 0 Å². The predicted octanol–water partition coefficient (Wildman–Crippen LogP) is 0.787. The summed E-state index contributed by atoms with van der Waals surface area (Å²) in [5, 5.41) is 19.0. The third-order valence-electron chi connectivity index (χ3n) is 1.96. The molecule has 0 amide bonds. The molecular formula is C10H10N2O5. The quantitative estimate of drug-likeness (QED) is 0.474. The molecule has 0 spiro atoms. The Balaban J connectivity index is 3.02. The van der Waals surface area contributed by atoms with Gasteiger partial charge >= 0.3 is 11.7 Å². The third kappa shape index (κ3) is 3.56. The zero-order valence-electron chi connectivity index (χ0n) is 8.99. The van der Waals surface area contributed by atoms with E-state index in [1.807, 2.05) is 0 Å². The number of nitro groups is 1. The van der Waals surface area contributed by atoms with Gasteiger partial charge in [-0.1, -0.05) is 0 Å². The second kappa shape index (κ2) is 5.06. The highest BCUT2D eigenvalue weighted by molar-refractivity contribution is 5.80. The molecule has 0 radical (unpaired) electrons. The van der Waals surface area contributed by atoms with Crippen LogP contribution in [0.4, 0.5) is 5.69 Å². The van der Waals surface area contributed by atoms with Crippen molar-refractivity contribution >= 4 is 11.7 Å². The maximum absolute atomic E-state index is 11.1.